The van der Waals surface area contributed by atoms with Crippen LogP contribution in [0.1, 0.15) is 0 Å². The van der Waals surface area contributed by atoms with Gasteiger partial charge < -0.3 is 4.57 Å². The van der Waals surface area contributed by atoms with E-state index in [0.29, 0.717) is 17.5 Å². The van der Waals surface area contributed by atoms with E-state index >= 15 is 0 Å². The van der Waals surface area contributed by atoms with Crippen LogP contribution in [0.2, 0.25) is 0 Å². The van der Waals surface area contributed by atoms with Crippen LogP contribution < -0.4 is 0 Å². The molecule has 0 unspecified atom stereocenters. The van der Waals surface area contributed by atoms with E-state index in [4.69, 9.17) is 15.0 Å². The minimum atomic E-state index is 0.632. The number of nitrogens with zero attached hydrogens (tertiary/aromatic N) is 4. The monoisotopic (exact) mass is 778 g/mol. The SMILES string of the molecule is c1ccc(-c2cc(-c3ccccc3)cc(-c3ccc4c5ccccc5n(-c5cccc(-c6cccc(-c7nc(-c8ccccc8)nc(-c8ccccc8)n7)c6)c5)c4c3)c2)cc1. The second kappa shape index (κ2) is 15.5. The standard InChI is InChI=1S/C57H38N4/c1-5-17-39(18-6-1)47-34-48(40-19-7-2-8-20-40)36-49(35-47)45-31-32-52-51-29-13-14-30-53(51)61(54(52)38-45)50-28-16-26-44(37-50)43-25-15-27-46(33-43)57-59-55(41-21-9-3-10-22-41)58-56(60-57)42-23-11-4-12-24-42/h1-38H. The van der Waals surface area contributed by atoms with Gasteiger partial charge in [0.15, 0.2) is 17.5 Å². The molecule has 61 heavy (non-hydrogen) atoms. The normalized spacial score (nSPS) is 11.3. The predicted octanol–water partition coefficient (Wildman–Crippen LogP) is 14.6. The van der Waals surface area contributed by atoms with Crippen LogP contribution in [0.5, 0.6) is 0 Å². The summed E-state index contributed by atoms with van der Waals surface area (Å²) < 4.78 is 2.41. The molecule has 2 aromatic heterocycles. The highest BCUT2D eigenvalue weighted by molar-refractivity contribution is 6.10. The van der Waals surface area contributed by atoms with Gasteiger partial charge in [0.1, 0.15) is 0 Å². The lowest BCUT2D eigenvalue weighted by Gasteiger charge is -2.13. The van der Waals surface area contributed by atoms with Crippen molar-refractivity contribution in [3.8, 4) is 84.4 Å². The lowest BCUT2D eigenvalue weighted by atomic mass is 9.93. The van der Waals surface area contributed by atoms with E-state index in [1.165, 1.54) is 38.6 Å². The molecule has 0 atom stereocenters. The minimum Gasteiger partial charge on any atom is -0.309 e. The molecule has 0 saturated heterocycles. The molecule has 0 bridgehead atoms. The third-order valence-corrected chi connectivity index (χ3v) is 11.4. The molecule has 0 amide bonds. The number of fused-ring (bicyclic) bond motifs is 3. The summed E-state index contributed by atoms with van der Waals surface area (Å²) >= 11 is 0. The van der Waals surface area contributed by atoms with Gasteiger partial charge in [0, 0.05) is 33.2 Å². The lowest BCUT2D eigenvalue weighted by Crippen LogP contribution is -2.00. The van der Waals surface area contributed by atoms with Crippen LogP contribution in [0.4, 0.5) is 0 Å². The largest absolute Gasteiger partial charge is 0.309 e. The smallest absolute Gasteiger partial charge is 0.164 e. The van der Waals surface area contributed by atoms with Gasteiger partial charge in [-0.1, -0.05) is 182 Å². The van der Waals surface area contributed by atoms with Crippen molar-refractivity contribution in [3.63, 3.8) is 0 Å². The number of rotatable bonds is 8. The maximum atomic E-state index is 5.01. The predicted molar refractivity (Wildman–Crippen MR) is 252 cm³/mol. The summed E-state index contributed by atoms with van der Waals surface area (Å²) in [4.78, 5) is 14.9. The van der Waals surface area contributed by atoms with Crippen LogP contribution >= 0.6 is 0 Å². The Morgan fingerprint density at radius 1 is 0.230 bits per heavy atom. The summed E-state index contributed by atoms with van der Waals surface area (Å²) in [6.07, 6.45) is 0. The molecule has 4 heteroatoms. The van der Waals surface area contributed by atoms with Crippen LogP contribution in [0.25, 0.3) is 106 Å². The second-order valence-electron chi connectivity index (χ2n) is 15.3. The topological polar surface area (TPSA) is 43.6 Å². The molecule has 4 nitrogen and oxygen atoms in total. The van der Waals surface area contributed by atoms with Gasteiger partial charge in [-0.25, -0.2) is 15.0 Å². The van der Waals surface area contributed by atoms with Crippen molar-refractivity contribution < 1.29 is 0 Å². The van der Waals surface area contributed by atoms with Gasteiger partial charge in [-0.2, -0.15) is 0 Å². The molecule has 0 aliphatic carbocycles. The molecule has 0 fully saturated rings. The van der Waals surface area contributed by atoms with E-state index < -0.39 is 0 Å². The number of hydrogen-bond acceptors (Lipinski definition) is 3. The van der Waals surface area contributed by atoms with Gasteiger partial charge in [0.2, 0.25) is 0 Å². The van der Waals surface area contributed by atoms with Crippen molar-refractivity contribution in [1.29, 1.82) is 0 Å². The fourth-order valence-electron chi connectivity index (χ4n) is 8.42. The maximum absolute atomic E-state index is 5.01. The number of benzene rings is 9. The fourth-order valence-corrected chi connectivity index (χ4v) is 8.42. The van der Waals surface area contributed by atoms with E-state index in [2.05, 4.69) is 174 Å². The molecule has 0 aliphatic rings. The zero-order valence-corrected chi connectivity index (χ0v) is 33.2. The Hall–Kier alpha value is -8.21. The highest BCUT2D eigenvalue weighted by atomic mass is 15.0. The van der Waals surface area contributed by atoms with Crippen LogP contribution in [0.15, 0.2) is 231 Å². The van der Waals surface area contributed by atoms with Crippen molar-refractivity contribution in [2.24, 2.45) is 0 Å². The number of para-hydroxylation sites is 1. The van der Waals surface area contributed by atoms with Gasteiger partial charge in [-0.05, 0) is 93.0 Å². The van der Waals surface area contributed by atoms with E-state index in [1.54, 1.807) is 0 Å². The first-order chi connectivity index (χ1) is 30.2. The van der Waals surface area contributed by atoms with Crippen LogP contribution in [0.3, 0.4) is 0 Å². The van der Waals surface area contributed by atoms with E-state index in [9.17, 15) is 0 Å². The molecule has 0 aliphatic heterocycles. The molecule has 11 aromatic rings. The van der Waals surface area contributed by atoms with Crippen molar-refractivity contribution >= 4 is 21.8 Å². The van der Waals surface area contributed by atoms with Gasteiger partial charge in [0.05, 0.1) is 11.0 Å². The Balaban J connectivity index is 1.03. The van der Waals surface area contributed by atoms with E-state index in [1.807, 2.05) is 60.7 Å². The number of aromatic nitrogens is 4. The first-order valence-electron chi connectivity index (χ1n) is 20.6. The van der Waals surface area contributed by atoms with Crippen molar-refractivity contribution in [2.75, 3.05) is 0 Å². The average molecular weight is 779 g/mol. The Morgan fingerprint density at radius 2 is 0.623 bits per heavy atom. The Kier molecular flexibility index (Phi) is 9.14. The lowest BCUT2D eigenvalue weighted by molar-refractivity contribution is 1.07. The zero-order valence-electron chi connectivity index (χ0n) is 33.2. The highest BCUT2D eigenvalue weighted by Crippen LogP contribution is 2.39. The molecule has 9 aromatic carbocycles. The van der Waals surface area contributed by atoms with Crippen LogP contribution in [-0.4, -0.2) is 19.5 Å². The summed E-state index contributed by atoms with van der Waals surface area (Å²) in [5, 5.41) is 2.44. The third-order valence-electron chi connectivity index (χ3n) is 11.4. The average Bonchev–Trinajstić information content (AvgIpc) is 3.68. The summed E-state index contributed by atoms with van der Waals surface area (Å²) in [5.74, 6) is 1.92. The molecule has 0 saturated carbocycles. The molecular formula is C57H38N4. The molecule has 0 spiro atoms. The molecule has 11 rings (SSSR count). The highest BCUT2D eigenvalue weighted by Gasteiger charge is 2.17. The third kappa shape index (κ3) is 6.96. The van der Waals surface area contributed by atoms with Crippen LogP contribution in [0, 0.1) is 0 Å². The Bertz CT molecular complexity index is 3220. The Morgan fingerprint density at radius 3 is 1.21 bits per heavy atom. The van der Waals surface area contributed by atoms with Gasteiger partial charge in [0.25, 0.3) is 0 Å². The molecule has 0 radical (unpaired) electrons. The van der Waals surface area contributed by atoms with E-state index in [-0.39, 0.29) is 0 Å². The van der Waals surface area contributed by atoms with Gasteiger partial charge in [-0.3, -0.25) is 0 Å². The first kappa shape index (κ1) is 35.9. The minimum absolute atomic E-state index is 0.632. The molecular weight excluding hydrogens is 741 g/mol. The van der Waals surface area contributed by atoms with Crippen molar-refractivity contribution in [1.82, 2.24) is 19.5 Å². The second-order valence-corrected chi connectivity index (χ2v) is 15.3. The van der Waals surface area contributed by atoms with Gasteiger partial charge >= 0.3 is 0 Å². The summed E-state index contributed by atoms with van der Waals surface area (Å²) in [6.45, 7) is 0. The quantitative estimate of drug-likeness (QED) is 0.154. The van der Waals surface area contributed by atoms with Gasteiger partial charge in [-0.15, -0.1) is 0 Å². The van der Waals surface area contributed by atoms with Crippen molar-refractivity contribution in [2.45, 2.75) is 0 Å². The zero-order chi connectivity index (χ0) is 40.5. The first-order valence-corrected chi connectivity index (χ1v) is 20.6. The molecule has 0 N–H and O–H groups in total. The summed E-state index contributed by atoms with van der Waals surface area (Å²) in [6, 6.07) is 81.5. The summed E-state index contributed by atoms with van der Waals surface area (Å²) in [5.41, 5.74) is 15.5. The van der Waals surface area contributed by atoms with E-state index in [0.717, 1.165) is 50.1 Å². The fraction of sp³-hybridized carbons (Fsp3) is 0. The maximum Gasteiger partial charge on any atom is 0.164 e. The number of hydrogen-bond donors (Lipinski definition) is 0. The molecule has 2 heterocycles. The van der Waals surface area contributed by atoms with Crippen LogP contribution in [-0.2, 0) is 0 Å². The molecule has 286 valence electrons. The Labute approximate surface area is 354 Å². The summed E-state index contributed by atoms with van der Waals surface area (Å²) in [7, 11) is 0. The van der Waals surface area contributed by atoms with Crippen molar-refractivity contribution in [3.05, 3.63) is 231 Å².